The number of amides is 2. The lowest BCUT2D eigenvalue weighted by Gasteiger charge is -2.41. The van der Waals surface area contributed by atoms with Gasteiger partial charge in [0.05, 0.1) is 0 Å². The Hall–Kier alpha value is -3.24. The predicted octanol–water partition coefficient (Wildman–Crippen LogP) is 7.15. The molecule has 36 heteroatoms. The molecule has 4 N–H and O–H groups in total. The summed E-state index contributed by atoms with van der Waals surface area (Å²) in [5, 5.41) is 5.03. The highest BCUT2D eigenvalue weighted by molar-refractivity contribution is 5.85. The fourth-order valence-electron chi connectivity index (χ4n) is 3.40. The summed E-state index contributed by atoms with van der Waals surface area (Å²) in [6, 6.07) is 0. The molecule has 0 heterocycles. The van der Waals surface area contributed by atoms with Crippen molar-refractivity contribution in [1.82, 2.24) is 21.3 Å². The number of hydrogen-bond acceptors (Lipinski definition) is 4. The molecule has 0 aliphatic rings. The zero-order chi connectivity index (χ0) is 47.2. The Kier molecular flexibility index (Phi) is 15.1. The largest absolute Gasteiger partial charge is 0.460 e. The maximum atomic E-state index is 13.8. The summed E-state index contributed by atoms with van der Waals surface area (Å²) in [6.45, 7) is -6.45. The van der Waals surface area contributed by atoms with Crippen LogP contribution >= 0.6 is 0 Å². The second kappa shape index (κ2) is 16.0. The van der Waals surface area contributed by atoms with E-state index in [0.717, 1.165) is 0 Å². The molecule has 6 nitrogen and oxygen atoms in total. The van der Waals surface area contributed by atoms with Gasteiger partial charge in [-0.2, -0.15) is 132 Å². The highest BCUT2D eigenvalue weighted by atomic mass is 19.4. The lowest BCUT2D eigenvalue weighted by molar-refractivity contribution is -0.449. The molecule has 0 saturated heterocycles. The van der Waals surface area contributed by atoms with Gasteiger partial charge in [0.2, 0.25) is 0 Å². The SMILES string of the molecule is O=C(NCCNCCNCCNC(=O)C(F)(F)C(F)(F)C(F)(F)C(F)(F)C(F)(F)C(F)(F)C(F)(F)F)C(F)(F)C(F)(F)C(F)(F)C(F)(F)C(F)(F)C(F)(F)C(F)(F)F. The maximum absolute atomic E-state index is 13.8. The first-order valence-corrected chi connectivity index (χ1v) is 13.7. The van der Waals surface area contributed by atoms with Crippen molar-refractivity contribution >= 4 is 11.8 Å². The average Bonchev–Trinajstić information content (AvgIpc) is 3.03. The Balaban J connectivity index is 5.31. The van der Waals surface area contributed by atoms with Gasteiger partial charge in [0.1, 0.15) is 0 Å². The van der Waals surface area contributed by atoms with Gasteiger partial charge in [-0.05, 0) is 0 Å². The third kappa shape index (κ3) is 8.39. The molecule has 0 aromatic rings. The van der Waals surface area contributed by atoms with Gasteiger partial charge in [-0.25, -0.2) is 0 Å². The minimum absolute atomic E-state index is 0.583. The molecule has 0 spiro atoms. The van der Waals surface area contributed by atoms with Crippen molar-refractivity contribution in [2.45, 2.75) is 83.4 Å². The molecule has 0 aromatic carbocycles. The second-order valence-electron chi connectivity index (χ2n) is 10.9. The van der Waals surface area contributed by atoms with Crippen LogP contribution in [0.15, 0.2) is 0 Å². The van der Waals surface area contributed by atoms with E-state index in [4.69, 9.17) is 0 Å². The summed E-state index contributed by atoms with van der Waals surface area (Å²) in [5.41, 5.74) is 0. The molecule has 0 radical (unpaired) electrons. The van der Waals surface area contributed by atoms with Crippen LogP contribution in [0.2, 0.25) is 0 Å². The molecular formula is C22H16F30N4O2. The molecule has 2 amide bonds. The van der Waals surface area contributed by atoms with Gasteiger partial charge in [-0.1, -0.05) is 0 Å². The van der Waals surface area contributed by atoms with Crippen LogP contribution in [0.5, 0.6) is 0 Å². The number of nitrogens with one attached hydrogen (secondary N) is 4. The number of carbonyl (C=O) groups is 2. The van der Waals surface area contributed by atoms with E-state index < -0.39 is 135 Å². The van der Waals surface area contributed by atoms with Crippen LogP contribution in [-0.4, -0.2) is 135 Å². The number of rotatable bonds is 21. The number of alkyl halides is 30. The molecular weight excluding hydrogens is 922 g/mol. The molecule has 0 saturated carbocycles. The Morgan fingerprint density at radius 3 is 0.638 bits per heavy atom. The minimum Gasteiger partial charge on any atom is -0.349 e. The first kappa shape index (κ1) is 54.8. The van der Waals surface area contributed by atoms with Crippen molar-refractivity contribution in [2.24, 2.45) is 0 Å². The standard InChI is InChI=1S/C22H16F30N4O2/c23-9(24,11(27,28)13(31,32)15(35,36)17(39,40)19(43,44)21(47,48)49)7(57)55-5-3-53-1-2-54-4-6-56-8(58)10(25,26)12(29,30)14(33,34)16(37,38)18(41,42)20(45,46)22(50,51)52/h53-54H,1-6H2,(H,55,57)(H,56,58). The molecule has 0 aliphatic heterocycles. The van der Waals surface area contributed by atoms with Gasteiger partial charge >= 0.3 is 83.4 Å². The van der Waals surface area contributed by atoms with Gasteiger partial charge in [-0.15, -0.1) is 0 Å². The molecule has 0 bridgehead atoms. The third-order valence-corrected chi connectivity index (χ3v) is 6.88. The second-order valence-corrected chi connectivity index (χ2v) is 10.9. The third-order valence-electron chi connectivity index (χ3n) is 6.88. The summed E-state index contributed by atoms with van der Waals surface area (Å²) in [4.78, 5) is 22.6. The zero-order valence-corrected chi connectivity index (χ0v) is 26.4. The van der Waals surface area contributed by atoms with Crippen LogP contribution in [0.1, 0.15) is 0 Å². The Morgan fingerprint density at radius 1 is 0.259 bits per heavy atom. The van der Waals surface area contributed by atoms with E-state index in [2.05, 4.69) is 0 Å². The van der Waals surface area contributed by atoms with Crippen LogP contribution in [0.3, 0.4) is 0 Å². The molecule has 0 unspecified atom stereocenters. The van der Waals surface area contributed by atoms with Crippen LogP contribution < -0.4 is 21.3 Å². The monoisotopic (exact) mass is 938 g/mol. The zero-order valence-electron chi connectivity index (χ0n) is 26.4. The lowest BCUT2D eigenvalue weighted by atomic mass is 9.91. The fraction of sp³-hybridized carbons (Fsp3) is 0.909. The van der Waals surface area contributed by atoms with E-state index in [9.17, 15) is 141 Å². The molecule has 58 heavy (non-hydrogen) atoms. The van der Waals surface area contributed by atoms with E-state index in [1.165, 1.54) is 0 Å². The average molecular weight is 938 g/mol. The minimum atomic E-state index is -8.67. The molecule has 346 valence electrons. The smallest absolute Gasteiger partial charge is 0.349 e. The number of carbonyl (C=O) groups excluding carboxylic acids is 2. The van der Waals surface area contributed by atoms with E-state index in [0.29, 0.717) is 10.6 Å². The topological polar surface area (TPSA) is 82.3 Å². The highest BCUT2D eigenvalue weighted by Crippen LogP contribution is 2.64. The van der Waals surface area contributed by atoms with E-state index in [1.54, 1.807) is 0 Å². The molecule has 0 atom stereocenters. The van der Waals surface area contributed by atoms with Crippen molar-refractivity contribution in [1.29, 1.82) is 0 Å². The van der Waals surface area contributed by atoms with E-state index in [1.807, 2.05) is 10.6 Å². The van der Waals surface area contributed by atoms with Crippen molar-refractivity contribution in [3.63, 3.8) is 0 Å². The van der Waals surface area contributed by atoms with Gasteiger partial charge in [0.15, 0.2) is 0 Å². The van der Waals surface area contributed by atoms with E-state index in [-0.39, 0.29) is 0 Å². The quantitative estimate of drug-likeness (QED) is 0.0730. The number of halogens is 30. The normalized spacial score (nSPS) is 15.8. The maximum Gasteiger partial charge on any atom is 0.460 e. The Morgan fingerprint density at radius 2 is 0.431 bits per heavy atom. The van der Waals surface area contributed by atoms with Crippen molar-refractivity contribution in [2.75, 3.05) is 39.3 Å². The first-order chi connectivity index (χ1) is 25.0. The van der Waals surface area contributed by atoms with Crippen LogP contribution in [0, 0.1) is 0 Å². The van der Waals surface area contributed by atoms with Crippen LogP contribution in [0.4, 0.5) is 132 Å². The summed E-state index contributed by atoms with van der Waals surface area (Å²) >= 11 is 0. The van der Waals surface area contributed by atoms with Crippen molar-refractivity contribution < 1.29 is 141 Å². The van der Waals surface area contributed by atoms with Gasteiger partial charge in [0.25, 0.3) is 11.8 Å². The molecule has 0 rings (SSSR count). The molecule has 0 aliphatic carbocycles. The molecule has 0 aromatic heterocycles. The highest BCUT2D eigenvalue weighted by Gasteiger charge is 2.95. The van der Waals surface area contributed by atoms with E-state index >= 15 is 0 Å². The number of hydrogen-bond donors (Lipinski definition) is 4. The summed E-state index contributed by atoms with van der Waals surface area (Å²) in [7, 11) is 0. The van der Waals surface area contributed by atoms with Crippen molar-refractivity contribution in [3.8, 4) is 0 Å². The van der Waals surface area contributed by atoms with Crippen LogP contribution in [0.25, 0.3) is 0 Å². The van der Waals surface area contributed by atoms with Gasteiger partial charge < -0.3 is 21.3 Å². The van der Waals surface area contributed by atoms with Gasteiger partial charge in [0, 0.05) is 39.3 Å². The molecule has 0 fully saturated rings. The summed E-state index contributed by atoms with van der Waals surface area (Å²) < 4.78 is 395. The van der Waals surface area contributed by atoms with Gasteiger partial charge in [-0.3, -0.25) is 9.59 Å². The lowest BCUT2D eigenvalue weighted by Crippen LogP contribution is -2.74. The Labute approximate surface area is 298 Å². The summed E-state index contributed by atoms with van der Waals surface area (Å²) in [6.07, 6.45) is -15.7. The predicted molar refractivity (Wildman–Crippen MR) is 123 cm³/mol. The van der Waals surface area contributed by atoms with Crippen LogP contribution in [-0.2, 0) is 9.59 Å². The first-order valence-electron chi connectivity index (χ1n) is 13.7. The Bertz CT molecular complexity index is 1330. The summed E-state index contributed by atoms with van der Waals surface area (Å²) in [5.74, 6) is -107. The fourth-order valence-corrected chi connectivity index (χ4v) is 3.40. The van der Waals surface area contributed by atoms with Crippen molar-refractivity contribution in [3.05, 3.63) is 0 Å².